The second-order valence-electron chi connectivity index (χ2n) is 3.97. The van der Waals surface area contributed by atoms with Crippen molar-refractivity contribution >= 4 is 10.2 Å². The summed E-state index contributed by atoms with van der Waals surface area (Å²) in [5, 5.41) is 7.80. The summed E-state index contributed by atoms with van der Waals surface area (Å²) >= 11 is 0. The minimum Gasteiger partial charge on any atom is -0.262 e. The van der Waals surface area contributed by atoms with Crippen LogP contribution in [0, 0.1) is 0 Å². The molecular weight excluding hydrogens is 268 g/mol. The summed E-state index contributed by atoms with van der Waals surface area (Å²) in [5.74, 6) is 0. The van der Waals surface area contributed by atoms with Crippen molar-refractivity contribution in [2.75, 3.05) is 14.1 Å². The van der Waals surface area contributed by atoms with Crippen molar-refractivity contribution in [1.29, 1.82) is 0 Å². The minimum absolute atomic E-state index is 0.0841. The minimum atomic E-state index is -3.46. The number of pyridine rings is 1. The second kappa shape index (κ2) is 5.43. The zero-order chi connectivity index (χ0) is 13.9. The van der Waals surface area contributed by atoms with Gasteiger partial charge in [-0.05, 0) is 12.1 Å². The van der Waals surface area contributed by atoms with Gasteiger partial charge in [-0.15, -0.1) is 5.10 Å². The van der Waals surface area contributed by atoms with Crippen molar-refractivity contribution < 1.29 is 8.42 Å². The Hall–Kier alpha value is -1.84. The van der Waals surface area contributed by atoms with Crippen molar-refractivity contribution in [3.63, 3.8) is 0 Å². The zero-order valence-corrected chi connectivity index (χ0v) is 11.4. The summed E-state index contributed by atoms with van der Waals surface area (Å²) in [7, 11) is -0.551. The summed E-state index contributed by atoms with van der Waals surface area (Å²) in [5.41, 5.74) is 1.28. The Morgan fingerprint density at radius 3 is 2.84 bits per heavy atom. The van der Waals surface area contributed by atoms with Crippen molar-refractivity contribution in [2.45, 2.75) is 6.54 Å². The predicted octanol–water partition coefficient (Wildman–Crippen LogP) is -0.442. The Morgan fingerprint density at radius 1 is 1.42 bits per heavy atom. The smallest absolute Gasteiger partial charge is 0.262 e. The van der Waals surface area contributed by atoms with E-state index in [1.54, 1.807) is 24.7 Å². The zero-order valence-electron chi connectivity index (χ0n) is 10.6. The summed E-state index contributed by atoms with van der Waals surface area (Å²) in [6.45, 7) is 0.0841. The first-order chi connectivity index (χ1) is 8.99. The van der Waals surface area contributed by atoms with E-state index in [9.17, 15) is 8.42 Å². The van der Waals surface area contributed by atoms with Crippen LogP contribution in [-0.4, -0.2) is 46.8 Å². The Balaban J connectivity index is 2.07. The lowest BCUT2D eigenvalue weighted by Gasteiger charge is -2.10. The van der Waals surface area contributed by atoms with Gasteiger partial charge in [0.15, 0.2) is 0 Å². The third kappa shape index (κ3) is 3.34. The maximum atomic E-state index is 11.5. The Labute approximate surface area is 111 Å². The Bertz CT molecular complexity index is 637. The lowest BCUT2D eigenvalue weighted by Crippen LogP contribution is -2.35. The van der Waals surface area contributed by atoms with Crippen LogP contribution in [-0.2, 0) is 16.8 Å². The van der Waals surface area contributed by atoms with Crippen molar-refractivity contribution in [3.05, 3.63) is 36.4 Å². The lowest BCUT2D eigenvalue weighted by atomic mass is 10.4. The van der Waals surface area contributed by atoms with E-state index in [0.29, 0.717) is 5.69 Å². The highest BCUT2D eigenvalue weighted by molar-refractivity contribution is 7.87. The predicted molar refractivity (Wildman–Crippen MR) is 68.6 cm³/mol. The van der Waals surface area contributed by atoms with Gasteiger partial charge < -0.3 is 0 Å². The highest BCUT2D eigenvalue weighted by Gasteiger charge is 2.13. The molecule has 102 valence electrons. The van der Waals surface area contributed by atoms with Gasteiger partial charge in [0, 0.05) is 20.3 Å². The SMILES string of the molecule is CN(C)S(=O)(=O)NCc1cn(-c2cccnc2)nn1. The summed E-state index contributed by atoms with van der Waals surface area (Å²) in [4.78, 5) is 3.97. The monoisotopic (exact) mass is 282 g/mol. The second-order valence-corrected chi connectivity index (χ2v) is 5.94. The quantitative estimate of drug-likeness (QED) is 0.802. The molecule has 2 aromatic rings. The van der Waals surface area contributed by atoms with Crippen LogP contribution in [0.4, 0.5) is 0 Å². The molecule has 0 spiro atoms. The first-order valence-electron chi connectivity index (χ1n) is 5.48. The van der Waals surface area contributed by atoms with E-state index >= 15 is 0 Å². The van der Waals surface area contributed by atoms with Crippen LogP contribution in [0.25, 0.3) is 5.69 Å². The van der Waals surface area contributed by atoms with E-state index in [1.807, 2.05) is 6.07 Å². The van der Waals surface area contributed by atoms with E-state index in [2.05, 4.69) is 20.0 Å². The van der Waals surface area contributed by atoms with Crippen LogP contribution >= 0.6 is 0 Å². The summed E-state index contributed by atoms with van der Waals surface area (Å²) in [6, 6.07) is 3.61. The normalized spacial score (nSPS) is 11.9. The molecule has 0 aliphatic heterocycles. The number of aromatic nitrogens is 4. The molecule has 8 nitrogen and oxygen atoms in total. The third-order valence-electron chi connectivity index (χ3n) is 2.37. The molecule has 0 saturated heterocycles. The van der Waals surface area contributed by atoms with Crippen LogP contribution in [0.5, 0.6) is 0 Å². The average molecular weight is 282 g/mol. The molecule has 0 fully saturated rings. The van der Waals surface area contributed by atoms with Gasteiger partial charge in [-0.25, -0.2) is 4.68 Å². The van der Waals surface area contributed by atoms with Crippen LogP contribution < -0.4 is 4.72 Å². The van der Waals surface area contributed by atoms with Crippen molar-refractivity contribution in [3.8, 4) is 5.69 Å². The van der Waals surface area contributed by atoms with Crippen molar-refractivity contribution in [2.24, 2.45) is 0 Å². The van der Waals surface area contributed by atoms with E-state index in [1.165, 1.54) is 18.8 Å². The fourth-order valence-corrected chi connectivity index (χ4v) is 1.88. The van der Waals surface area contributed by atoms with Gasteiger partial charge in [-0.1, -0.05) is 5.21 Å². The number of nitrogens with one attached hydrogen (secondary N) is 1. The summed E-state index contributed by atoms with van der Waals surface area (Å²) in [6.07, 6.45) is 4.95. The van der Waals surface area contributed by atoms with E-state index in [4.69, 9.17) is 0 Å². The molecule has 0 amide bonds. The third-order valence-corrected chi connectivity index (χ3v) is 3.84. The Kier molecular flexibility index (Phi) is 3.88. The average Bonchev–Trinajstić information content (AvgIpc) is 2.86. The molecule has 0 radical (unpaired) electrons. The molecular formula is C10H14N6O2S. The van der Waals surface area contributed by atoms with Gasteiger partial charge in [-0.2, -0.15) is 17.4 Å². The fourth-order valence-electron chi connectivity index (χ4n) is 1.29. The highest BCUT2D eigenvalue weighted by atomic mass is 32.2. The highest BCUT2D eigenvalue weighted by Crippen LogP contribution is 2.04. The largest absolute Gasteiger partial charge is 0.279 e. The fraction of sp³-hybridized carbons (Fsp3) is 0.300. The first-order valence-corrected chi connectivity index (χ1v) is 6.92. The van der Waals surface area contributed by atoms with Gasteiger partial charge in [0.25, 0.3) is 10.2 Å². The molecule has 0 atom stereocenters. The molecule has 0 saturated carbocycles. The molecule has 0 bridgehead atoms. The van der Waals surface area contributed by atoms with E-state index in [0.717, 1.165) is 9.99 Å². The van der Waals surface area contributed by atoms with Gasteiger partial charge >= 0.3 is 0 Å². The molecule has 1 N–H and O–H groups in total. The van der Waals surface area contributed by atoms with Gasteiger partial charge in [-0.3, -0.25) is 4.98 Å². The molecule has 2 rings (SSSR count). The number of nitrogens with zero attached hydrogens (tertiary/aromatic N) is 5. The van der Waals surface area contributed by atoms with Crippen LogP contribution in [0.1, 0.15) is 5.69 Å². The number of hydrogen-bond acceptors (Lipinski definition) is 5. The summed E-state index contributed by atoms with van der Waals surface area (Å²) < 4.78 is 28.1. The van der Waals surface area contributed by atoms with Crippen molar-refractivity contribution in [1.82, 2.24) is 29.0 Å². The van der Waals surface area contributed by atoms with Crippen LogP contribution in [0.15, 0.2) is 30.7 Å². The molecule has 9 heteroatoms. The molecule has 0 aliphatic rings. The van der Waals surface area contributed by atoms with E-state index < -0.39 is 10.2 Å². The number of rotatable bonds is 5. The van der Waals surface area contributed by atoms with Crippen LogP contribution in [0.3, 0.4) is 0 Å². The molecule has 0 aliphatic carbocycles. The molecule has 2 aromatic heterocycles. The topological polar surface area (TPSA) is 93.0 Å². The standard InChI is InChI=1S/C10H14N6O2S/c1-15(2)19(17,18)12-6-9-8-16(14-13-9)10-4-3-5-11-7-10/h3-5,7-8,12H,6H2,1-2H3. The first kappa shape index (κ1) is 13.6. The maximum Gasteiger partial charge on any atom is 0.279 e. The molecule has 19 heavy (non-hydrogen) atoms. The lowest BCUT2D eigenvalue weighted by molar-refractivity contribution is 0.504. The van der Waals surface area contributed by atoms with Gasteiger partial charge in [0.1, 0.15) is 0 Å². The molecule has 2 heterocycles. The maximum absolute atomic E-state index is 11.5. The Morgan fingerprint density at radius 2 is 2.21 bits per heavy atom. The molecule has 0 aromatic carbocycles. The molecule has 0 unspecified atom stereocenters. The van der Waals surface area contributed by atoms with E-state index in [-0.39, 0.29) is 6.54 Å². The number of hydrogen-bond donors (Lipinski definition) is 1. The van der Waals surface area contributed by atoms with Gasteiger partial charge in [0.2, 0.25) is 0 Å². The van der Waals surface area contributed by atoms with Crippen LogP contribution in [0.2, 0.25) is 0 Å². The van der Waals surface area contributed by atoms with Gasteiger partial charge in [0.05, 0.1) is 30.3 Å².